The number of ether oxygens (including phenoxy) is 1. The van der Waals surface area contributed by atoms with Gasteiger partial charge in [0.25, 0.3) is 11.8 Å². The largest absolute Gasteiger partial charge is 0.482 e. The molecule has 0 fully saturated rings. The van der Waals surface area contributed by atoms with Gasteiger partial charge in [-0.05, 0) is 42.8 Å². The van der Waals surface area contributed by atoms with Gasteiger partial charge in [0.2, 0.25) is 0 Å². The van der Waals surface area contributed by atoms with Gasteiger partial charge in [-0.1, -0.05) is 29.3 Å². The second kappa shape index (κ2) is 6.71. The molecule has 1 aliphatic heterocycles. The van der Waals surface area contributed by atoms with E-state index in [0.29, 0.717) is 27.0 Å². The molecule has 3 rings (SSSR count). The normalized spacial score (nSPS) is 14.2. The van der Waals surface area contributed by atoms with Crippen molar-refractivity contribution in [1.82, 2.24) is 5.32 Å². The first-order chi connectivity index (χ1) is 11.4. The Morgan fingerprint density at radius 2 is 2.00 bits per heavy atom. The standard InChI is InChI=1S/C17H14Cl2N2O3/c1-9(10-2-4-12(18)13(19)6-10)20-17(23)11-3-5-14-15(7-11)24-8-16(22)21-14/h2-7,9H,8H2,1H3,(H,20,23)(H,21,22)/t9-/m0/s1. The molecule has 0 aliphatic carbocycles. The van der Waals surface area contributed by atoms with Gasteiger partial charge in [0, 0.05) is 5.56 Å². The predicted octanol–water partition coefficient (Wildman–Crippen LogP) is 3.82. The number of nitrogens with one attached hydrogen (secondary N) is 2. The molecule has 0 spiro atoms. The highest BCUT2D eigenvalue weighted by Gasteiger charge is 2.19. The Balaban J connectivity index is 1.74. The Kier molecular flexibility index (Phi) is 4.64. The number of anilines is 1. The predicted molar refractivity (Wildman–Crippen MR) is 92.9 cm³/mol. The maximum atomic E-state index is 12.4. The van der Waals surface area contributed by atoms with Crippen molar-refractivity contribution in [3.63, 3.8) is 0 Å². The summed E-state index contributed by atoms with van der Waals surface area (Å²) in [5, 5.41) is 6.48. The fourth-order valence-corrected chi connectivity index (χ4v) is 2.67. The van der Waals surface area contributed by atoms with Crippen LogP contribution in [0.25, 0.3) is 0 Å². The van der Waals surface area contributed by atoms with Crippen LogP contribution >= 0.6 is 23.2 Å². The summed E-state index contributed by atoms with van der Waals surface area (Å²) in [7, 11) is 0. The molecule has 0 bridgehead atoms. The van der Waals surface area contributed by atoms with Gasteiger partial charge in [0.1, 0.15) is 5.75 Å². The molecule has 2 N–H and O–H groups in total. The molecule has 24 heavy (non-hydrogen) atoms. The number of carbonyl (C=O) groups excluding carboxylic acids is 2. The third-order valence-electron chi connectivity index (χ3n) is 3.67. The lowest BCUT2D eigenvalue weighted by atomic mass is 10.1. The van der Waals surface area contributed by atoms with Crippen LogP contribution in [-0.4, -0.2) is 18.4 Å². The highest BCUT2D eigenvalue weighted by atomic mass is 35.5. The average molecular weight is 365 g/mol. The molecule has 1 aliphatic rings. The van der Waals surface area contributed by atoms with E-state index in [-0.39, 0.29) is 24.5 Å². The van der Waals surface area contributed by atoms with Crippen molar-refractivity contribution < 1.29 is 14.3 Å². The lowest BCUT2D eigenvalue weighted by Gasteiger charge is -2.19. The van der Waals surface area contributed by atoms with Gasteiger partial charge in [-0.3, -0.25) is 9.59 Å². The lowest BCUT2D eigenvalue weighted by molar-refractivity contribution is -0.118. The maximum Gasteiger partial charge on any atom is 0.262 e. The van der Waals surface area contributed by atoms with Gasteiger partial charge < -0.3 is 15.4 Å². The zero-order chi connectivity index (χ0) is 17.3. The molecule has 124 valence electrons. The first-order valence-corrected chi connectivity index (χ1v) is 8.02. The maximum absolute atomic E-state index is 12.4. The fourth-order valence-electron chi connectivity index (χ4n) is 2.36. The smallest absolute Gasteiger partial charge is 0.262 e. The van der Waals surface area contributed by atoms with E-state index >= 15 is 0 Å². The van der Waals surface area contributed by atoms with Crippen molar-refractivity contribution >= 4 is 40.7 Å². The van der Waals surface area contributed by atoms with Crippen LogP contribution in [-0.2, 0) is 4.79 Å². The third kappa shape index (κ3) is 3.47. The fraction of sp³-hybridized carbons (Fsp3) is 0.176. The quantitative estimate of drug-likeness (QED) is 0.869. The van der Waals surface area contributed by atoms with Crippen molar-refractivity contribution in [2.75, 3.05) is 11.9 Å². The molecule has 0 saturated heterocycles. The van der Waals surface area contributed by atoms with E-state index in [0.717, 1.165) is 5.56 Å². The first kappa shape index (κ1) is 16.6. The highest BCUT2D eigenvalue weighted by Crippen LogP contribution is 2.29. The second-order valence-electron chi connectivity index (χ2n) is 5.42. The Labute approximate surface area is 148 Å². The number of carbonyl (C=O) groups is 2. The van der Waals surface area contributed by atoms with Crippen LogP contribution < -0.4 is 15.4 Å². The number of hydrogen-bond donors (Lipinski definition) is 2. The summed E-state index contributed by atoms with van der Waals surface area (Å²) in [5.41, 5.74) is 1.84. The average Bonchev–Trinajstić information content (AvgIpc) is 2.56. The number of rotatable bonds is 3. The van der Waals surface area contributed by atoms with E-state index in [4.69, 9.17) is 27.9 Å². The lowest BCUT2D eigenvalue weighted by Crippen LogP contribution is -2.28. The highest BCUT2D eigenvalue weighted by molar-refractivity contribution is 6.42. The van der Waals surface area contributed by atoms with Gasteiger partial charge in [-0.15, -0.1) is 0 Å². The molecule has 1 atom stereocenters. The summed E-state index contributed by atoms with van der Waals surface area (Å²) in [6.45, 7) is 1.80. The van der Waals surface area contributed by atoms with Gasteiger partial charge in [0.05, 0.1) is 21.8 Å². The minimum Gasteiger partial charge on any atom is -0.482 e. The van der Waals surface area contributed by atoms with E-state index < -0.39 is 0 Å². The number of benzene rings is 2. The molecule has 2 aromatic carbocycles. The molecule has 5 nitrogen and oxygen atoms in total. The molecule has 0 aromatic heterocycles. The number of hydrogen-bond acceptors (Lipinski definition) is 3. The Bertz CT molecular complexity index is 823. The molecular weight excluding hydrogens is 351 g/mol. The van der Waals surface area contributed by atoms with Crippen LogP contribution in [0.15, 0.2) is 36.4 Å². The summed E-state index contributed by atoms with van der Waals surface area (Å²) in [6, 6.07) is 9.85. The van der Waals surface area contributed by atoms with E-state index in [1.807, 2.05) is 13.0 Å². The molecule has 0 radical (unpaired) electrons. The molecule has 0 unspecified atom stereocenters. The van der Waals surface area contributed by atoms with Crippen LogP contribution in [0.1, 0.15) is 28.9 Å². The SMILES string of the molecule is C[C@H](NC(=O)c1ccc2c(c1)OCC(=O)N2)c1ccc(Cl)c(Cl)c1. The summed E-state index contributed by atoms with van der Waals surface area (Å²) in [5.74, 6) is 0.00857. The van der Waals surface area contributed by atoms with E-state index in [2.05, 4.69) is 10.6 Å². The minimum absolute atomic E-state index is 0.0578. The van der Waals surface area contributed by atoms with Crippen LogP contribution in [0.5, 0.6) is 5.75 Å². The zero-order valence-corrected chi connectivity index (χ0v) is 14.2. The van der Waals surface area contributed by atoms with Crippen LogP contribution in [0, 0.1) is 0 Å². The number of fused-ring (bicyclic) bond motifs is 1. The molecule has 1 heterocycles. The van der Waals surface area contributed by atoms with Gasteiger partial charge >= 0.3 is 0 Å². The summed E-state index contributed by atoms with van der Waals surface area (Å²) in [6.07, 6.45) is 0. The zero-order valence-electron chi connectivity index (χ0n) is 12.7. The second-order valence-corrected chi connectivity index (χ2v) is 6.23. The summed E-state index contributed by atoms with van der Waals surface area (Å²) < 4.78 is 5.32. The number of amides is 2. The number of halogens is 2. The van der Waals surface area contributed by atoms with E-state index in [1.165, 1.54) is 0 Å². The van der Waals surface area contributed by atoms with Crippen LogP contribution in [0.2, 0.25) is 10.0 Å². The Morgan fingerprint density at radius 1 is 1.21 bits per heavy atom. The molecular formula is C17H14Cl2N2O3. The summed E-state index contributed by atoms with van der Waals surface area (Å²) >= 11 is 11.9. The van der Waals surface area contributed by atoms with Gasteiger partial charge in [0.15, 0.2) is 6.61 Å². The Hall–Kier alpha value is -2.24. The van der Waals surface area contributed by atoms with Crippen molar-refractivity contribution in [1.29, 1.82) is 0 Å². The molecule has 2 amide bonds. The van der Waals surface area contributed by atoms with Crippen molar-refractivity contribution in [3.05, 3.63) is 57.6 Å². The molecule has 7 heteroatoms. The topological polar surface area (TPSA) is 67.4 Å². The van der Waals surface area contributed by atoms with E-state index in [1.54, 1.807) is 30.3 Å². The van der Waals surface area contributed by atoms with E-state index in [9.17, 15) is 9.59 Å². The first-order valence-electron chi connectivity index (χ1n) is 7.26. The summed E-state index contributed by atoms with van der Waals surface area (Å²) in [4.78, 5) is 23.7. The van der Waals surface area contributed by atoms with Crippen LogP contribution in [0.4, 0.5) is 5.69 Å². The third-order valence-corrected chi connectivity index (χ3v) is 4.41. The van der Waals surface area contributed by atoms with Gasteiger partial charge in [-0.25, -0.2) is 0 Å². The minimum atomic E-state index is -0.253. The van der Waals surface area contributed by atoms with Crippen LogP contribution in [0.3, 0.4) is 0 Å². The van der Waals surface area contributed by atoms with Crippen molar-refractivity contribution in [2.45, 2.75) is 13.0 Å². The van der Waals surface area contributed by atoms with Crippen molar-refractivity contribution in [3.8, 4) is 5.75 Å². The van der Waals surface area contributed by atoms with Gasteiger partial charge in [-0.2, -0.15) is 0 Å². The molecule has 0 saturated carbocycles. The molecule has 2 aromatic rings. The monoisotopic (exact) mass is 364 g/mol. The Morgan fingerprint density at radius 3 is 2.75 bits per heavy atom. The van der Waals surface area contributed by atoms with Crippen molar-refractivity contribution in [2.24, 2.45) is 0 Å².